The lowest BCUT2D eigenvalue weighted by molar-refractivity contribution is -0.403. The number of non-ortho nitro benzene ring substituents is 1. The third-order valence-electron chi connectivity index (χ3n) is 1.65. The summed E-state index contributed by atoms with van der Waals surface area (Å²) in [6, 6.07) is 1.67. The van der Waals surface area contributed by atoms with Crippen LogP contribution in [0.1, 0.15) is 5.56 Å². The molecule has 0 saturated heterocycles. The van der Waals surface area contributed by atoms with Gasteiger partial charge >= 0.3 is 0 Å². The minimum Gasteiger partial charge on any atom is -0.868 e. The Hall–Kier alpha value is -2.18. The second-order valence-corrected chi connectivity index (χ2v) is 2.63. The maximum absolute atomic E-state index is 11.1. The summed E-state index contributed by atoms with van der Waals surface area (Å²) in [6.45, 7) is 1.29. The Kier molecular flexibility index (Phi) is 2.32. The molecule has 0 bridgehead atoms. The first-order valence-corrected chi connectivity index (χ1v) is 3.54. The van der Waals surface area contributed by atoms with Crippen molar-refractivity contribution in [3.63, 3.8) is 0 Å². The van der Waals surface area contributed by atoms with Gasteiger partial charge in [0, 0.05) is 6.07 Å². The fourth-order valence-electron chi connectivity index (χ4n) is 0.978. The molecule has 0 atom stereocenters. The van der Waals surface area contributed by atoms with Crippen molar-refractivity contribution in [2.75, 3.05) is 0 Å². The number of nitro benzene ring substituents is 2. The molecule has 0 aliphatic carbocycles. The van der Waals surface area contributed by atoms with E-state index in [-0.39, 0.29) is 5.56 Å². The molecule has 0 N–H and O–H groups in total. The molecule has 1 rings (SSSR count). The first-order chi connectivity index (χ1) is 6.43. The zero-order valence-corrected chi connectivity index (χ0v) is 7.09. The molecule has 14 heavy (non-hydrogen) atoms. The maximum Gasteiger partial charge on any atom is 0.276 e. The average Bonchev–Trinajstić information content (AvgIpc) is 2.08. The van der Waals surface area contributed by atoms with Gasteiger partial charge in [0.15, 0.2) is 0 Å². The molecule has 0 radical (unpaired) electrons. The van der Waals surface area contributed by atoms with Gasteiger partial charge in [-0.1, -0.05) is 0 Å². The van der Waals surface area contributed by atoms with Gasteiger partial charge in [0.1, 0.15) is 0 Å². The molecule has 7 nitrogen and oxygen atoms in total. The summed E-state index contributed by atoms with van der Waals surface area (Å²) in [5.41, 5.74) is -1.23. The Morgan fingerprint density at radius 2 is 1.71 bits per heavy atom. The first kappa shape index (κ1) is 9.90. The van der Waals surface area contributed by atoms with Gasteiger partial charge in [0.25, 0.3) is 11.4 Å². The third-order valence-corrected chi connectivity index (χ3v) is 1.65. The van der Waals surface area contributed by atoms with Gasteiger partial charge in [-0.25, -0.2) is 0 Å². The molecule has 0 spiro atoms. The van der Waals surface area contributed by atoms with E-state index in [1.807, 2.05) is 0 Å². The molecule has 0 fully saturated rings. The van der Waals surface area contributed by atoms with E-state index >= 15 is 0 Å². The Bertz CT molecular complexity index is 415. The molecule has 0 saturated carbocycles. The molecule has 7 heteroatoms. The molecule has 0 amide bonds. The fraction of sp³-hybridized carbons (Fsp3) is 0.143. The first-order valence-electron chi connectivity index (χ1n) is 3.54. The van der Waals surface area contributed by atoms with Crippen molar-refractivity contribution < 1.29 is 15.0 Å². The topological polar surface area (TPSA) is 109 Å². The molecule has 0 unspecified atom stereocenters. The van der Waals surface area contributed by atoms with Gasteiger partial charge in [-0.3, -0.25) is 20.2 Å². The Morgan fingerprint density at radius 3 is 2.14 bits per heavy atom. The van der Waals surface area contributed by atoms with Crippen molar-refractivity contribution >= 4 is 11.4 Å². The van der Waals surface area contributed by atoms with Crippen LogP contribution < -0.4 is 5.11 Å². The minimum absolute atomic E-state index is 0.00843. The van der Waals surface area contributed by atoms with Gasteiger partial charge in [-0.15, -0.1) is 0 Å². The lowest BCUT2D eigenvalue weighted by Crippen LogP contribution is -2.01. The molecular weight excluding hydrogens is 192 g/mol. The van der Waals surface area contributed by atoms with Crippen LogP contribution in [0.5, 0.6) is 5.75 Å². The van der Waals surface area contributed by atoms with Crippen LogP contribution in [-0.4, -0.2) is 9.85 Å². The van der Waals surface area contributed by atoms with Crippen LogP contribution in [0, 0.1) is 27.2 Å². The quantitative estimate of drug-likeness (QED) is 0.516. The zero-order chi connectivity index (χ0) is 10.9. The zero-order valence-electron chi connectivity index (χ0n) is 7.09. The second-order valence-electron chi connectivity index (χ2n) is 2.63. The Balaban J connectivity index is 3.43. The number of hydrogen-bond acceptors (Lipinski definition) is 5. The second kappa shape index (κ2) is 3.29. The molecular formula is C7H5N2O5-. The van der Waals surface area contributed by atoms with E-state index in [9.17, 15) is 25.3 Å². The van der Waals surface area contributed by atoms with E-state index < -0.39 is 27.0 Å². The predicted octanol–water partition coefficient (Wildman–Crippen LogP) is 0.885. The highest BCUT2D eigenvalue weighted by Gasteiger charge is 2.16. The van der Waals surface area contributed by atoms with Gasteiger partial charge in [0.05, 0.1) is 15.9 Å². The SMILES string of the molecule is Cc1cc([N+](=O)[O-])cc([N+](=O)[O-])c1[O-]. The number of nitrogens with zero attached hydrogens (tertiary/aromatic N) is 2. The Labute approximate surface area is 77.9 Å². The van der Waals surface area contributed by atoms with Crippen molar-refractivity contribution in [1.82, 2.24) is 0 Å². The number of hydrogen-bond donors (Lipinski definition) is 0. The molecule has 0 aliphatic rings. The van der Waals surface area contributed by atoms with Crippen LogP contribution in [0.25, 0.3) is 0 Å². The summed E-state index contributed by atoms with van der Waals surface area (Å²) in [7, 11) is 0. The summed E-state index contributed by atoms with van der Waals surface area (Å²) in [4.78, 5) is 18.9. The highest BCUT2D eigenvalue weighted by atomic mass is 16.6. The summed E-state index contributed by atoms with van der Waals surface area (Å²) >= 11 is 0. The standard InChI is InChI=1S/C7H6N2O5/c1-4-2-5(8(11)12)3-6(7(4)10)9(13)14/h2-3,10H,1H3/p-1. The highest BCUT2D eigenvalue weighted by Crippen LogP contribution is 2.31. The van der Waals surface area contributed by atoms with E-state index in [1.54, 1.807) is 0 Å². The lowest BCUT2D eigenvalue weighted by atomic mass is 10.1. The van der Waals surface area contributed by atoms with Gasteiger partial charge in [0.2, 0.25) is 0 Å². The lowest BCUT2D eigenvalue weighted by Gasteiger charge is -2.09. The van der Waals surface area contributed by atoms with Crippen LogP contribution in [0.4, 0.5) is 11.4 Å². The van der Waals surface area contributed by atoms with Crippen molar-refractivity contribution in [3.8, 4) is 5.75 Å². The van der Waals surface area contributed by atoms with Crippen molar-refractivity contribution in [3.05, 3.63) is 37.9 Å². The fourth-order valence-corrected chi connectivity index (χ4v) is 0.978. The molecule has 1 aromatic carbocycles. The number of aryl methyl sites for hydroxylation is 1. The minimum atomic E-state index is -0.928. The average molecular weight is 197 g/mol. The number of nitro groups is 2. The van der Waals surface area contributed by atoms with Crippen LogP contribution >= 0.6 is 0 Å². The summed E-state index contributed by atoms with van der Waals surface area (Å²) < 4.78 is 0. The van der Waals surface area contributed by atoms with E-state index in [4.69, 9.17) is 0 Å². The van der Waals surface area contributed by atoms with Gasteiger partial charge in [-0.05, 0) is 18.2 Å². The van der Waals surface area contributed by atoms with Gasteiger partial charge < -0.3 is 5.11 Å². The van der Waals surface area contributed by atoms with E-state index in [0.717, 1.165) is 6.07 Å². The van der Waals surface area contributed by atoms with E-state index in [2.05, 4.69) is 0 Å². The summed E-state index contributed by atoms with van der Waals surface area (Å²) in [5.74, 6) is -0.791. The van der Waals surface area contributed by atoms with Crippen LogP contribution in [0.15, 0.2) is 12.1 Å². The molecule has 74 valence electrons. The number of rotatable bonds is 2. The van der Waals surface area contributed by atoms with E-state index in [1.165, 1.54) is 6.92 Å². The monoisotopic (exact) mass is 197 g/mol. The van der Waals surface area contributed by atoms with Crippen LogP contribution in [0.3, 0.4) is 0 Å². The number of benzene rings is 1. The largest absolute Gasteiger partial charge is 0.868 e. The maximum atomic E-state index is 11.1. The van der Waals surface area contributed by atoms with Crippen molar-refractivity contribution in [1.29, 1.82) is 0 Å². The van der Waals surface area contributed by atoms with Gasteiger partial charge in [-0.2, -0.15) is 0 Å². The van der Waals surface area contributed by atoms with Crippen LogP contribution in [0.2, 0.25) is 0 Å². The molecule has 0 heterocycles. The molecule has 0 aromatic heterocycles. The molecule has 1 aromatic rings. The normalized spacial score (nSPS) is 9.79. The summed E-state index contributed by atoms with van der Waals surface area (Å²) in [5, 5.41) is 31.8. The van der Waals surface area contributed by atoms with E-state index in [0.29, 0.717) is 6.07 Å². The van der Waals surface area contributed by atoms with Crippen LogP contribution in [-0.2, 0) is 0 Å². The Morgan fingerprint density at radius 1 is 1.14 bits per heavy atom. The van der Waals surface area contributed by atoms with Crippen molar-refractivity contribution in [2.24, 2.45) is 0 Å². The smallest absolute Gasteiger partial charge is 0.276 e. The highest BCUT2D eigenvalue weighted by molar-refractivity contribution is 5.56. The third kappa shape index (κ3) is 1.60. The van der Waals surface area contributed by atoms with Crippen molar-refractivity contribution in [2.45, 2.75) is 6.92 Å². The molecule has 0 aliphatic heterocycles. The predicted molar refractivity (Wildman–Crippen MR) is 43.9 cm³/mol. The summed E-state index contributed by atoms with van der Waals surface area (Å²) in [6.07, 6.45) is 0.